The largest absolute Gasteiger partial charge is 0.309 e. The Hall–Kier alpha value is -1.74. The summed E-state index contributed by atoms with van der Waals surface area (Å²) in [6.07, 6.45) is 0.863. The summed E-state index contributed by atoms with van der Waals surface area (Å²) in [5.41, 5.74) is 2.63. The molecule has 0 spiro atoms. The number of hydrogen-bond acceptors (Lipinski definition) is 1. The predicted octanol–water partition coefficient (Wildman–Crippen LogP) is 3.96. The van der Waals surface area contributed by atoms with E-state index in [9.17, 15) is 8.78 Å². The third-order valence-corrected chi connectivity index (χ3v) is 4.03. The molecule has 0 aliphatic heterocycles. The monoisotopic (exact) mass is 273 g/mol. The Morgan fingerprint density at radius 1 is 1.10 bits per heavy atom. The van der Waals surface area contributed by atoms with Crippen LogP contribution in [0.15, 0.2) is 42.5 Å². The second-order valence-corrected chi connectivity index (χ2v) is 5.18. The minimum atomic E-state index is -0.472. The fourth-order valence-electron chi connectivity index (χ4n) is 3.07. The van der Waals surface area contributed by atoms with E-state index in [1.54, 1.807) is 0 Å². The molecule has 1 aliphatic rings. The molecule has 0 heterocycles. The molecule has 3 rings (SSSR count). The van der Waals surface area contributed by atoms with Crippen molar-refractivity contribution in [3.8, 4) is 0 Å². The summed E-state index contributed by atoms with van der Waals surface area (Å²) in [6.45, 7) is 2.63. The van der Waals surface area contributed by atoms with Crippen LogP contribution in [0.4, 0.5) is 8.78 Å². The van der Waals surface area contributed by atoms with Gasteiger partial charge in [-0.25, -0.2) is 8.78 Å². The summed E-state index contributed by atoms with van der Waals surface area (Å²) in [4.78, 5) is 0. The number of hydrogen-bond donors (Lipinski definition) is 1. The van der Waals surface area contributed by atoms with E-state index in [2.05, 4.69) is 11.4 Å². The highest BCUT2D eigenvalue weighted by Gasteiger charge is 2.35. The minimum absolute atomic E-state index is 0.137. The van der Waals surface area contributed by atoms with Crippen molar-refractivity contribution in [3.63, 3.8) is 0 Å². The first-order valence-electron chi connectivity index (χ1n) is 6.97. The summed E-state index contributed by atoms with van der Waals surface area (Å²) in [7, 11) is 0. The topological polar surface area (TPSA) is 12.0 Å². The van der Waals surface area contributed by atoms with Gasteiger partial charge in [-0.2, -0.15) is 0 Å². The van der Waals surface area contributed by atoms with Gasteiger partial charge in [-0.3, -0.25) is 0 Å². The second-order valence-electron chi connectivity index (χ2n) is 5.18. The van der Waals surface area contributed by atoms with Crippen molar-refractivity contribution in [2.75, 3.05) is 6.54 Å². The fourth-order valence-corrected chi connectivity index (χ4v) is 3.07. The smallest absolute Gasteiger partial charge is 0.130 e. The van der Waals surface area contributed by atoms with Crippen LogP contribution < -0.4 is 5.32 Å². The quantitative estimate of drug-likeness (QED) is 0.889. The Balaban J connectivity index is 1.99. The Morgan fingerprint density at radius 2 is 1.80 bits per heavy atom. The van der Waals surface area contributed by atoms with Crippen LogP contribution >= 0.6 is 0 Å². The molecule has 0 saturated carbocycles. The van der Waals surface area contributed by atoms with Crippen LogP contribution in [0.1, 0.15) is 35.6 Å². The summed E-state index contributed by atoms with van der Waals surface area (Å²) in [5, 5.41) is 3.24. The van der Waals surface area contributed by atoms with E-state index in [-0.39, 0.29) is 17.5 Å². The zero-order valence-electron chi connectivity index (χ0n) is 11.4. The molecule has 2 unspecified atom stereocenters. The van der Waals surface area contributed by atoms with Crippen molar-refractivity contribution in [2.24, 2.45) is 0 Å². The number of likely N-dealkylation sites (N-methyl/N-ethyl adjacent to an activating group) is 1. The van der Waals surface area contributed by atoms with Crippen LogP contribution in [0.25, 0.3) is 0 Å². The molecular weight excluding hydrogens is 256 g/mol. The van der Waals surface area contributed by atoms with Crippen LogP contribution in [-0.2, 0) is 6.42 Å². The molecule has 0 fully saturated rings. The highest BCUT2D eigenvalue weighted by molar-refractivity contribution is 5.43. The van der Waals surface area contributed by atoms with Gasteiger partial charge in [-0.05, 0) is 36.2 Å². The first-order valence-corrected chi connectivity index (χ1v) is 6.97. The molecule has 2 atom stereocenters. The average molecular weight is 273 g/mol. The zero-order chi connectivity index (χ0) is 14.1. The van der Waals surface area contributed by atoms with E-state index >= 15 is 0 Å². The number of benzene rings is 2. The molecule has 104 valence electrons. The van der Waals surface area contributed by atoms with Crippen LogP contribution in [-0.4, -0.2) is 6.54 Å². The van der Waals surface area contributed by atoms with Crippen LogP contribution in [0, 0.1) is 11.6 Å². The molecule has 1 nitrogen and oxygen atoms in total. The minimum Gasteiger partial charge on any atom is -0.309 e. The van der Waals surface area contributed by atoms with Crippen molar-refractivity contribution in [1.82, 2.24) is 5.32 Å². The van der Waals surface area contributed by atoms with E-state index < -0.39 is 11.6 Å². The van der Waals surface area contributed by atoms with Crippen LogP contribution in [0.3, 0.4) is 0 Å². The second kappa shape index (κ2) is 5.33. The van der Waals surface area contributed by atoms with E-state index in [0.717, 1.165) is 6.42 Å². The number of halogens is 2. The summed E-state index contributed by atoms with van der Waals surface area (Å²) < 4.78 is 28.1. The van der Waals surface area contributed by atoms with E-state index in [0.29, 0.717) is 6.54 Å². The molecule has 1 aliphatic carbocycles. The van der Waals surface area contributed by atoms with Gasteiger partial charge in [0.2, 0.25) is 0 Å². The molecule has 2 aromatic carbocycles. The Kier molecular flexibility index (Phi) is 3.53. The van der Waals surface area contributed by atoms with E-state index in [1.165, 1.54) is 29.3 Å². The zero-order valence-corrected chi connectivity index (χ0v) is 11.4. The molecule has 0 amide bonds. The lowest BCUT2D eigenvalue weighted by Gasteiger charge is -2.37. The molecule has 2 aromatic rings. The molecule has 0 aromatic heterocycles. The molecular formula is C17H17F2N. The van der Waals surface area contributed by atoms with Gasteiger partial charge < -0.3 is 5.32 Å². The van der Waals surface area contributed by atoms with Gasteiger partial charge in [0.05, 0.1) is 0 Å². The highest BCUT2D eigenvalue weighted by atomic mass is 19.1. The molecule has 1 N–H and O–H groups in total. The molecule has 3 heteroatoms. The fraction of sp³-hybridized carbons (Fsp3) is 0.294. The van der Waals surface area contributed by atoms with Crippen molar-refractivity contribution in [2.45, 2.75) is 25.3 Å². The maximum Gasteiger partial charge on any atom is 0.130 e. The summed E-state index contributed by atoms with van der Waals surface area (Å²) in [6, 6.07) is 11.9. The summed E-state index contributed by atoms with van der Waals surface area (Å²) in [5.74, 6) is -0.807. The molecule has 0 radical (unpaired) electrons. The van der Waals surface area contributed by atoms with Gasteiger partial charge in [0, 0.05) is 17.5 Å². The van der Waals surface area contributed by atoms with E-state index in [1.807, 2.05) is 25.1 Å². The Morgan fingerprint density at radius 3 is 2.45 bits per heavy atom. The normalized spacial score (nSPS) is 18.2. The summed E-state index contributed by atoms with van der Waals surface area (Å²) >= 11 is 0. The lowest BCUT2D eigenvalue weighted by molar-refractivity contribution is 0.388. The van der Waals surface area contributed by atoms with Crippen LogP contribution in [0.5, 0.6) is 0 Å². The molecule has 20 heavy (non-hydrogen) atoms. The van der Waals surface area contributed by atoms with Crippen LogP contribution in [0.2, 0.25) is 0 Å². The predicted molar refractivity (Wildman–Crippen MR) is 75.7 cm³/mol. The van der Waals surface area contributed by atoms with Gasteiger partial charge in [-0.1, -0.05) is 37.3 Å². The maximum atomic E-state index is 14.0. The highest BCUT2D eigenvalue weighted by Crippen LogP contribution is 2.44. The lowest BCUT2D eigenvalue weighted by atomic mass is 9.71. The van der Waals surface area contributed by atoms with Gasteiger partial charge in [0.25, 0.3) is 0 Å². The SMILES string of the molecule is CCNC(c1c(F)cccc1F)C1Cc2ccccc21. The van der Waals surface area contributed by atoms with Crippen molar-refractivity contribution in [3.05, 3.63) is 70.8 Å². The number of nitrogens with one attached hydrogen (secondary N) is 1. The number of fused-ring (bicyclic) bond motifs is 1. The molecule has 0 saturated heterocycles. The van der Waals surface area contributed by atoms with Crippen molar-refractivity contribution < 1.29 is 8.78 Å². The molecule has 0 bridgehead atoms. The Labute approximate surface area is 117 Å². The van der Waals surface area contributed by atoms with Gasteiger partial charge in [0.15, 0.2) is 0 Å². The first kappa shape index (κ1) is 13.3. The Bertz CT molecular complexity index is 604. The first-order chi connectivity index (χ1) is 9.72. The van der Waals surface area contributed by atoms with Gasteiger partial charge in [0.1, 0.15) is 11.6 Å². The number of rotatable bonds is 4. The van der Waals surface area contributed by atoms with Crippen molar-refractivity contribution in [1.29, 1.82) is 0 Å². The van der Waals surface area contributed by atoms with Crippen molar-refractivity contribution >= 4 is 0 Å². The maximum absolute atomic E-state index is 14.0. The van der Waals surface area contributed by atoms with E-state index in [4.69, 9.17) is 0 Å². The average Bonchev–Trinajstić information content (AvgIpc) is 2.40. The van der Waals surface area contributed by atoms with Gasteiger partial charge in [-0.15, -0.1) is 0 Å². The van der Waals surface area contributed by atoms with Gasteiger partial charge >= 0.3 is 0 Å². The standard InChI is InChI=1S/C17H17F2N/c1-2-20-17(16-14(18)8-5-9-15(16)19)13-10-11-6-3-4-7-12(11)13/h3-9,13,17,20H,2,10H2,1H3. The third-order valence-electron chi connectivity index (χ3n) is 4.03. The lowest BCUT2D eigenvalue weighted by Crippen LogP contribution is -2.34. The third kappa shape index (κ3) is 2.12.